The van der Waals surface area contributed by atoms with Crippen LogP contribution >= 0.6 is 0 Å². The largest absolute Gasteiger partial charge is 0.353 e. The van der Waals surface area contributed by atoms with Crippen LogP contribution in [0.25, 0.3) is 0 Å². The third kappa shape index (κ3) is 1.51. The average Bonchev–Trinajstić information content (AvgIpc) is 2.96. The summed E-state index contributed by atoms with van der Waals surface area (Å²) in [5.74, 6) is 1.86. The number of rotatable bonds is 2. The molecule has 1 aliphatic carbocycles. The van der Waals surface area contributed by atoms with E-state index in [1.165, 1.54) is 18.4 Å². The lowest BCUT2D eigenvalue weighted by molar-refractivity contribution is 0.289. The lowest BCUT2D eigenvalue weighted by atomic mass is 9.86. The van der Waals surface area contributed by atoms with Crippen molar-refractivity contribution in [1.82, 2.24) is 4.98 Å². The van der Waals surface area contributed by atoms with Gasteiger partial charge in [-0.3, -0.25) is 0 Å². The highest BCUT2D eigenvalue weighted by molar-refractivity contribution is 5.46. The molecule has 3 heteroatoms. The smallest absolute Gasteiger partial charge is 0.128 e. The molecular formula is C12H17N3. The minimum Gasteiger partial charge on any atom is -0.353 e. The van der Waals surface area contributed by atoms with Gasteiger partial charge in [-0.2, -0.15) is 0 Å². The molecule has 80 valence electrons. The molecule has 0 radical (unpaired) electrons. The van der Waals surface area contributed by atoms with E-state index in [9.17, 15) is 0 Å². The van der Waals surface area contributed by atoms with E-state index in [0.29, 0.717) is 0 Å². The van der Waals surface area contributed by atoms with Gasteiger partial charge in [0.2, 0.25) is 0 Å². The number of nitrogens with two attached hydrogens (primary N) is 1. The molecule has 0 aromatic carbocycles. The van der Waals surface area contributed by atoms with E-state index in [1.807, 2.05) is 12.3 Å². The fraction of sp³-hybridized carbons (Fsp3) is 0.583. The Bertz CT molecular complexity index is 378. The van der Waals surface area contributed by atoms with E-state index in [0.717, 1.165) is 24.8 Å². The molecule has 0 bridgehead atoms. The minimum absolute atomic E-state index is 0.0887. The summed E-state index contributed by atoms with van der Waals surface area (Å²) >= 11 is 0. The Morgan fingerprint density at radius 1 is 1.47 bits per heavy atom. The van der Waals surface area contributed by atoms with Gasteiger partial charge in [0.1, 0.15) is 5.82 Å². The maximum Gasteiger partial charge on any atom is 0.128 e. The number of nitrogens with zero attached hydrogens (tertiary/aromatic N) is 2. The normalized spacial score (nSPS) is 23.7. The number of aromatic nitrogens is 1. The van der Waals surface area contributed by atoms with Gasteiger partial charge in [0, 0.05) is 19.3 Å². The first-order chi connectivity index (χ1) is 7.17. The summed E-state index contributed by atoms with van der Waals surface area (Å²) in [4.78, 5) is 6.66. The minimum atomic E-state index is 0.0887. The Balaban J connectivity index is 1.71. The van der Waals surface area contributed by atoms with Crippen LogP contribution in [-0.2, 0) is 0 Å². The molecule has 1 saturated carbocycles. The van der Waals surface area contributed by atoms with E-state index in [4.69, 9.17) is 5.73 Å². The molecule has 1 aromatic heterocycles. The molecule has 3 rings (SSSR count). The van der Waals surface area contributed by atoms with Gasteiger partial charge >= 0.3 is 0 Å². The Labute approximate surface area is 90.3 Å². The Morgan fingerprint density at radius 2 is 2.20 bits per heavy atom. The van der Waals surface area contributed by atoms with Crippen LogP contribution in [0.4, 0.5) is 5.82 Å². The number of hydrogen-bond donors (Lipinski definition) is 1. The van der Waals surface area contributed by atoms with Crippen molar-refractivity contribution in [2.24, 2.45) is 11.7 Å². The highest BCUT2D eigenvalue weighted by Gasteiger charge is 2.50. The molecule has 0 spiro atoms. The van der Waals surface area contributed by atoms with E-state index in [2.05, 4.69) is 22.9 Å². The summed E-state index contributed by atoms with van der Waals surface area (Å²) in [6.07, 6.45) is 4.52. The van der Waals surface area contributed by atoms with Crippen LogP contribution in [-0.4, -0.2) is 23.6 Å². The third-order valence-electron chi connectivity index (χ3n) is 3.59. The Hall–Kier alpha value is -1.09. The topological polar surface area (TPSA) is 42.2 Å². The Morgan fingerprint density at radius 3 is 2.80 bits per heavy atom. The van der Waals surface area contributed by atoms with E-state index in [-0.39, 0.29) is 5.54 Å². The van der Waals surface area contributed by atoms with Gasteiger partial charge in [-0.1, -0.05) is 0 Å². The third-order valence-corrected chi connectivity index (χ3v) is 3.59. The van der Waals surface area contributed by atoms with Crippen LogP contribution in [0.2, 0.25) is 0 Å². The van der Waals surface area contributed by atoms with Gasteiger partial charge in [-0.05, 0) is 43.4 Å². The van der Waals surface area contributed by atoms with Crippen LogP contribution in [0, 0.1) is 12.8 Å². The van der Waals surface area contributed by atoms with Crippen LogP contribution in [0.5, 0.6) is 0 Å². The highest BCUT2D eigenvalue weighted by atomic mass is 15.3. The lowest BCUT2D eigenvalue weighted by Gasteiger charge is -2.49. The van der Waals surface area contributed by atoms with E-state index < -0.39 is 0 Å². The molecule has 0 atom stereocenters. The van der Waals surface area contributed by atoms with Gasteiger partial charge < -0.3 is 10.6 Å². The van der Waals surface area contributed by atoms with E-state index in [1.54, 1.807) is 0 Å². The monoisotopic (exact) mass is 203 g/mol. The summed E-state index contributed by atoms with van der Waals surface area (Å²) in [5, 5.41) is 0. The van der Waals surface area contributed by atoms with Gasteiger partial charge in [-0.15, -0.1) is 0 Å². The lowest BCUT2D eigenvalue weighted by Crippen LogP contribution is -2.69. The molecular weight excluding hydrogens is 186 g/mol. The molecule has 2 N–H and O–H groups in total. The molecule has 1 aromatic rings. The van der Waals surface area contributed by atoms with Crippen molar-refractivity contribution >= 4 is 5.82 Å². The van der Waals surface area contributed by atoms with Crippen molar-refractivity contribution in [3.05, 3.63) is 23.9 Å². The second-order valence-corrected chi connectivity index (χ2v) is 5.05. The fourth-order valence-corrected chi connectivity index (χ4v) is 2.44. The zero-order valence-electron chi connectivity index (χ0n) is 9.11. The summed E-state index contributed by atoms with van der Waals surface area (Å²) < 4.78 is 0. The quantitative estimate of drug-likeness (QED) is 0.788. The number of pyridine rings is 1. The first-order valence-corrected chi connectivity index (χ1v) is 5.64. The maximum atomic E-state index is 6.30. The maximum absolute atomic E-state index is 6.30. The second-order valence-electron chi connectivity index (χ2n) is 5.05. The predicted molar refractivity (Wildman–Crippen MR) is 60.8 cm³/mol. The summed E-state index contributed by atoms with van der Waals surface area (Å²) in [5.41, 5.74) is 7.66. The van der Waals surface area contributed by atoms with Gasteiger partial charge in [0.15, 0.2) is 0 Å². The molecule has 0 unspecified atom stereocenters. The Kier molecular flexibility index (Phi) is 1.80. The molecule has 15 heavy (non-hydrogen) atoms. The first-order valence-electron chi connectivity index (χ1n) is 5.64. The fourth-order valence-electron chi connectivity index (χ4n) is 2.44. The van der Waals surface area contributed by atoms with Crippen LogP contribution in [0.3, 0.4) is 0 Å². The highest BCUT2D eigenvalue weighted by Crippen LogP contribution is 2.43. The molecule has 2 aliphatic rings. The molecule has 0 amide bonds. The zero-order chi connectivity index (χ0) is 10.5. The molecule has 2 heterocycles. The molecule has 1 aliphatic heterocycles. The van der Waals surface area contributed by atoms with E-state index >= 15 is 0 Å². The predicted octanol–water partition coefficient (Wildman–Crippen LogP) is 1.32. The molecule has 1 saturated heterocycles. The van der Waals surface area contributed by atoms with Crippen molar-refractivity contribution in [2.45, 2.75) is 25.3 Å². The summed E-state index contributed by atoms with van der Waals surface area (Å²) in [7, 11) is 0. The van der Waals surface area contributed by atoms with Gasteiger partial charge in [0.05, 0.1) is 5.54 Å². The second kappa shape index (κ2) is 2.95. The summed E-state index contributed by atoms with van der Waals surface area (Å²) in [6.45, 7) is 4.06. The average molecular weight is 203 g/mol. The number of anilines is 1. The van der Waals surface area contributed by atoms with Crippen molar-refractivity contribution in [3.63, 3.8) is 0 Å². The van der Waals surface area contributed by atoms with Crippen molar-refractivity contribution in [2.75, 3.05) is 18.0 Å². The first kappa shape index (κ1) is 9.16. The summed E-state index contributed by atoms with van der Waals surface area (Å²) in [6, 6.07) is 4.16. The van der Waals surface area contributed by atoms with Gasteiger partial charge in [-0.25, -0.2) is 4.98 Å². The van der Waals surface area contributed by atoms with Crippen LogP contribution < -0.4 is 10.6 Å². The van der Waals surface area contributed by atoms with Crippen LogP contribution in [0.1, 0.15) is 18.4 Å². The van der Waals surface area contributed by atoms with Crippen molar-refractivity contribution in [3.8, 4) is 0 Å². The number of aryl methyl sites for hydroxylation is 1. The number of hydrogen-bond acceptors (Lipinski definition) is 3. The SMILES string of the molecule is Cc1ccnc(N2CC(N)(C3CC3)C2)c1. The standard InChI is InChI=1S/C12H17N3/c1-9-4-5-14-11(6-9)15-7-12(13,8-15)10-2-3-10/h4-6,10H,2-3,7-8,13H2,1H3. The zero-order valence-corrected chi connectivity index (χ0v) is 9.11. The molecule has 2 fully saturated rings. The van der Waals surface area contributed by atoms with Gasteiger partial charge in [0.25, 0.3) is 0 Å². The molecule has 3 nitrogen and oxygen atoms in total. The van der Waals surface area contributed by atoms with Crippen molar-refractivity contribution in [1.29, 1.82) is 0 Å². The van der Waals surface area contributed by atoms with Crippen molar-refractivity contribution < 1.29 is 0 Å². The van der Waals surface area contributed by atoms with Crippen LogP contribution in [0.15, 0.2) is 18.3 Å².